The molecule has 96 valence electrons. The maximum absolute atomic E-state index is 11.5. The highest BCUT2D eigenvalue weighted by atomic mass is 16.2. The highest BCUT2D eigenvalue weighted by Crippen LogP contribution is 2.14. The summed E-state index contributed by atoms with van der Waals surface area (Å²) in [7, 11) is 0. The second kappa shape index (κ2) is 6.10. The minimum Gasteiger partial charge on any atom is -0.357 e. The molecule has 2 amide bonds. The number of amides is 2. The van der Waals surface area contributed by atoms with Crippen molar-refractivity contribution in [1.82, 2.24) is 15.6 Å². The molecule has 4 nitrogen and oxygen atoms in total. The van der Waals surface area contributed by atoms with Crippen LogP contribution in [0.3, 0.4) is 0 Å². The quantitative estimate of drug-likeness (QED) is 0.697. The van der Waals surface area contributed by atoms with Crippen LogP contribution < -0.4 is 10.6 Å². The Morgan fingerprint density at radius 2 is 2.11 bits per heavy atom. The van der Waals surface area contributed by atoms with Crippen molar-refractivity contribution >= 4 is 16.9 Å². The van der Waals surface area contributed by atoms with Gasteiger partial charge < -0.3 is 15.6 Å². The summed E-state index contributed by atoms with van der Waals surface area (Å²) in [5, 5.41) is 6.83. The lowest BCUT2D eigenvalue weighted by Crippen LogP contribution is -2.35. The number of carbonyl (C=O) groups excluding carboxylic acids is 1. The number of unbranched alkanes of at least 4 members (excludes halogenated alkanes) is 1. The molecule has 18 heavy (non-hydrogen) atoms. The number of para-hydroxylation sites is 1. The van der Waals surface area contributed by atoms with Gasteiger partial charge in [0.15, 0.2) is 0 Å². The van der Waals surface area contributed by atoms with E-state index in [0.717, 1.165) is 30.6 Å². The number of carbonyl (C=O) groups is 1. The summed E-state index contributed by atoms with van der Waals surface area (Å²) < 4.78 is 0. The molecule has 1 heterocycles. The maximum Gasteiger partial charge on any atom is 0.315 e. The zero-order valence-electron chi connectivity index (χ0n) is 10.6. The van der Waals surface area contributed by atoms with Crippen LogP contribution in [-0.4, -0.2) is 17.6 Å². The fourth-order valence-electron chi connectivity index (χ4n) is 1.85. The zero-order chi connectivity index (χ0) is 12.8. The normalized spacial score (nSPS) is 10.5. The molecule has 0 bridgehead atoms. The lowest BCUT2D eigenvalue weighted by molar-refractivity contribution is 0.240. The van der Waals surface area contributed by atoms with Crippen molar-refractivity contribution in [3.05, 3.63) is 36.0 Å². The van der Waals surface area contributed by atoms with E-state index in [9.17, 15) is 4.79 Å². The van der Waals surface area contributed by atoms with Crippen molar-refractivity contribution in [1.29, 1.82) is 0 Å². The van der Waals surface area contributed by atoms with Gasteiger partial charge >= 0.3 is 6.03 Å². The Kier molecular flexibility index (Phi) is 4.23. The number of aromatic nitrogens is 1. The largest absolute Gasteiger partial charge is 0.357 e. The standard InChI is InChI=1S/C14H19N3O/c1-2-3-8-15-14(18)16-10-12-9-11-6-4-5-7-13(11)17-12/h4-7,9,17H,2-3,8,10H2,1H3,(H2,15,16,18). The van der Waals surface area contributed by atoms with Crippen LogP contribution in [0.25, 0.3) is 10.9 Å². The monoisotopic (exact) mass is 245 g/mol. The smallest absolute Gasteiger partial charge is 0.315 e. The molecule has 0 aliphatic rings. The highest BCUT2D eigenvalue weighted by Gasteiger charge is 2.02. The third-order valence-corrected chi connectivity index (χ3v) is 2.84. The fraction of sp³-hybridized carbons (Fsp3) is 0.357. The van der Waals surface area contributed by atoms with Crippen LogP contribution in [0.15, 0.2) is 30.3 Å². The number of nitrogens with one attached hydrogen (secondary N) is 3. The van der Waals surface area contributed by atoms with Crippen molar-refractivity contribution in [2.45, 2.75) is 26.3 Å². The third-order valence-electron chi connectivity index (χ3n) is 2.84. The van der Waals surface area contributed by atoms with Gasteiger partial charge in [-0.05, 0) is 23.9 Å². The summed E-state index contributed by atoms with van der Waals surface area (Å²) in [6, 6.07) is 10.0. The van der Waals surface area contributed by atoms with Crippen molar-refractivity contribution in [2.75, 3.05) is 6.54 Å². The van der Waals surface area contributed by atoms with Crippen LogP contribution in [0.1, 0.15) is 25.5 Å². The van der Waals surface area contributed by atoms with E-state index in [1.165, 1.54) is 5.39 Å². The second-order valence-electron chi connectivity index (χ2n) is 4.34. The first-order chi connectivity index (χ1) is 8.79. The number of benzene rings is 1. The highest BCUT2D eigenvalue weighted by molar-refractivity contribution is 5.80. The molecule has 0 fully saturated rings. The van der Waals surface area contributed by atoms with Gasteiger partial charge in [0.05, 0.1) is 6.54 Å². The first-order valence-corrected chi connectivity index (χ1v) is 6.38. The van der Waals surface area contributed by atoms with Crippen molar-refractivity contribution in [3.8, 4) is 0 Å². The third kappa shape index (κ3) is 3.26. The molecule has 0 aliphatic heterocycles. The molecule has 4 heteroatoms. The zero-order valence-corrected chi connectivity index (χ0v) is 10.6. The van der Waals surface area contributed by atoms with Crippen LogP contribution >= 0.6 is 0 Å². The van der Waals surface area contributed by atoms with E-state index in [1.54, 1.807) is 0 Å². The molecule has 1 aromatic heterocycles. The van der Waals surface area contributed by atoms with Crippen molar-refractivity contribution in [2.24, 2.45) is 0 Å². The molecular weight excluding hydrogens is 226 g/mol. The van der Waals surface area contributed by atoms with Crippen LogP contribution in [-0.2, 0) is 6.54 Å². The number of rotatable bonds is 5. The number of hydrogen-bond donors (Lipinski definition) is 3. The Labute approximate surface area is 107 Å². The van der Waals surface area contributed by atoms with Gasteiger partial charge in [0.25, 0.3) is 0 Å². The number of fused-ring (bicyclic) bond motifs is 1. The Morgan fingerprint density at radius 3 is 2.89 bits per heavy atom. The maximum atomic E-state index is 11.5. The van der Waals surface area contributed by atoms with Gasteiger partial charge in [-0.15, -0.1) is 0 Å². The first-order valence-electron chi connectivity index (χ1n) is 6.38. The Morgan fingerprint density at radius 1 is 1.28 bits per heavy atom. The number of H-pyrrole nitrogens is 1. The summed E-state index contributed by atoms with van der Waals surface area (Å²) in [5.74, 6) is 0. The van der Waals surface area contributed by atoms with E-state index < -0.39 is 0 Å². The molecule has 3 N–H and O–H groups in total. The van der Waals surface area contributed by atoms with E-state index in [4.69, 9.17) is 0 Å². The molecule has 0 atom stereocenters. The SMILES string of the molecule is CCCCNC(=O)NCc1cc2ccccc2[nH]1. The summed E-state index contributed by atoms with van der Waals surface area (Å²) in [6.45, 7) is 3.35. The summed E-state index contributed by atoms with van der Waals surface area (Å²) in [5.41, 5.74) is 2.11. The molecule has 0 unspecified atom stereocenters. The topological polar surface area (TPSA) is 56.9 Å². The van der Waals surface area contributed by atoms with Crippen molar-refractivity contribution in [3.63, 3.8) is 0 Å². The summed E-state index contributed by atoms with van der Waals surface area (Å²) in [6.07, 6.45) is 2.10. The fourth-order valence-corrected chi connectivity index (χ4v) is 1.85. The van der Waals surface area contributed by atoms with Gasteiger partial charge in [0, 0.05) is 17.8 Å². The van der Waals surface area contributed by atoms with Crippen LogP contribution in [0.2, 0.25) is 0 Å². The molecule has 0 saturated carbocycles. The van der Waals surface area contributed by atoms with Crippen LogP contribution in [0.4, 0.5) is 4.79 Å². The second-order valence-corrected chi connectivity index (χ2v) is 4.34. The predicted octanol–water partition coefficient (Wildman–Crippen LogP) is 2.77. The van der Waals surface area contributed by atoms with Crippen molar-refractivity contribution < 1.29 is 4.79 Å². The molecule has 1 aromatic carbocycles. The summed E-state index contributed by atoms with van der Waals surface area (Å²) >= 11 is 0. The van der Waals surface area contributed by atoms with Gasteiger partial charge in [-0.1, -0.05) is 31.5 Å². The lowest BCUT2D eigenvalue weighted by atomic mass is 10.2. The minimum atomic E-state index is -0.109. The Balaban J connectivity index is 1.84. The number of urea groups is 1. The van der Waals surface area contributed by atoms with Gasteiger partial charge in [-0.25, -0.2) is 4.79 Å². The molecule has 0 radical (unpaired) electrons. The molecule has 2 rings (SSSR count). The first kappa shape index (κ1) is 12.5. The number of aromatic amines is 1. The van der Waals surface area contributed by atoms with Crippen LogP contribution in [0.5, 0.6) is 0 Å². The van der Waals surface area contributed by atoms with E-state index in [-0.39, 0.29) is 6.03 Å². The van der Waals surface area contributed by atoms with Gasteiger partial charge in [-0.2, -0.15) is 0 Å². The number of hydrogen-bond acceptors (Lipinski definition) is 1. The Hall–Kier alpha value is -1.97. The molecule has 0 spiro atoms. The van der Waals surface area contributed by atoms with E-state index in [2.05, 4.69) is 34.7 Å². The van der Waals surface area contributed by atoms with E-state index >= 15 is 0 Å². The Bertz CT molecular complexity index is 485. The molecule has 0 aliphatic carbocycles. The van der Waals surface area contributed by atoms with Gasteiger partial charge in [-0.3, -0.25) is 0 Å². The van der Waals surface area contributed by atoms with Gasteiger partial charge in [0.1, 0.15) is 0 Å². The molecular formula is C14H19N3O. The van der Waals surface area contributed by atoms with E-state index in [1.807, 2.05) is 18.2 Å². The molecule has 0 saturated heterocycles. The average molecular weight is 245 g/mol. The summed E-state index contributed by atoms with van der Waals surface area (Å²) in [4.78, 5) is 14.7. The molecule has 2 aromatic rings. The predicted molar refractivity (Wildman–Crippen MR) is 73.4 cm³/mol. The van der Waals surface area contributed by atoms with Crippen LogP contribution in [0, 0.1) is 0 Å². The lowest BCUT2D eigenvalue weighted by Gasteiger charge is -2.05. The average Bonchev–Trinajstić information content (AvgIpc) is 2.79. The minimum absolute atomic E-state index is 0.109. The van der Waals surface area contributed by atoms with E-state index in [0.29, 0.717) is 6.54 Å². The van der Waals surface area contributed by atoms with Gasteiger partial charge in [0.2, 0.25) is 0 Å².